The van der Waals surface area contributed by atoms with Gasteiger partial charge in [-0.25, -0.2) is 0 Å². The van der Waals surface area contributed by atoms with E-state index in [1.807, 2.05) is 0 Å². The molecule has 0 bridgehead atoms. The van der Waals surface area contributed by atoms with Crippen LogP contribution in [-0.4, -0.2) is 37.0 Å². The summed E-state index contributed by atoms with van der Waals surface area (Å²) in [6, 6.07) is 8.78. The van der Waals surface area contributed by atoms with Crippen LogP contribution in [0.1, 0.15) is 57.1 Å². The summed E-state index contributed by atoms with van der Waals surface area (Å²) in [5.74, 6) is 2.51. The Labute approximate surface area is 189 Å². The van der Waals surface area contributed by atoms with Crippen LogP contribution in [0.5, 0.6) is 0 Å². The molecule has 1 amide bonds. The van der Waals surface area contributed by atoms with E-state index in [1.165, 1.54) is 43.5 Å². The van der Waals surface area contributed by atoms with E-state index < -0.39 is 0 Å². The summed E-state index contributed by atoms with van der Waals surface area (Å²) >= 11 is 0. The Morgan fingerprint density at radius 2 is 1.62 bits per heavy atom. The average Bonchev–Trinajstić information content (AvgIpc) is 2.66. The summed E-state index contributed by atoms with van der Waals surface area (Å²) < 4.78 is 0. The van der Waals surface area contributed by atoms with Crippen molar-refractivity contribution in [1.29, 1.82) is 0 Å². The van der Waals surface area contributed by atoms with Crippen LogP contribution < -0.4 is 10.6 Å². The Balaban J connectivity index is 0.00000210. The monoisotopic (exact) mass is 443 g/mol. The number of nitrogens with one attached hydrogen (secondary N) is 2. The van der Waals surface area contributed by atoms with Gasteiger partial charge in [0, 0.05) is 32.6 Å². The van der Waals surface area contributed by atoms with Gasteiger partial charge >= 0.3 is 0 Å². The van der Waals surface area contributed by atoms with Crippen molar-refractivity contribution in [2.45, 2.75) is 59.0 Å². The molecule has 4 nitrogen and oxygen atoms in total. The van der Waals surface area contributed by atoms with Gasteiger partial charge in [-0.15, -0.1) is 24.8 Å². The summed E-state index contributed by atoms with van der Waals surface area (Å²) in [4.78, 5) is 14.7. The lowest BCUT2D eigenvalue weighted by Crippen LogP contribution is -2.38. The summed E-state index contributed by atoms with van der Waals surface area (Å²) in [5.41, 5.74) is 2.56. The van der Waals surface area contributed by atoms with Gasteiger partial charge in [0.1, 0.15) is 0 Å². The Hall–Kier alpha value is -0.810. The van der Waals surface area contributed by atoms with Crippen LogP contribution in [-0.2, 0) is 17.9 Å². The fraction of sp³-hybridized carbons (Fsp3) is 0.696. The first-order valence-corrected chi connectivity index (χ1v) is 10.9. The van der Waals surface area contributed by atoms with Crippen molar-refractivity contribution in [3.63, 3.8) is 0 Å². The van der Waals surface area contributed by atoms with Crippen LogP contribution >= 0.6 is 24.8 Å². The normalized spacial score (nSPS) is 23.0. The molecule has 1 aromatic rings. The molecule has 166 valence electrons. The number of nitrogens with zero attached hydrogens (tertiary/aromatic N) is 1. The summed E-state index contributed by atoms with van der Waals surface area (Å²) in [5, 5.41) is 6.47. The van der Waals surface area contributed by atoms with Gasteiger partial charge in [0.25, 0.3) is 0 Å². The summed E-state index contributed by atoms with van der Waals surface area (Å²) in [6.45, 7) is 11.0. The molecule has 0 spiro atoms. The Morgan fingerprint density at radius 3 is 2.24 bits per heavy atom. The molecule has 2 fully saturated rings. The number of hydrogen-bond acceptors (Lipinski definition) is 3. The number of hydrogen-bond donors (Lipinski definition) is 2. The fourth-order valence-corrected chi connectivity index (χ4v) is 4.74. The van der Waals surface area contributed by atoms with E-state index in [4.69, 9.17) is 0 Å². The third kappa shape index (κ3) is 9.25. The average molecular weight is 444 g/mol. The van der Waals surface area contributed by atoms with Crippen LogP contribution in [0.4, 0.5) is 0 Å². The highest BCUT2D eigenvalue weighted by Gasteiger charge is 2.21. The summed E-state index contributed by atoms with van der Waals surface area (Å²) in [7, 11) is 0. The van der Waals surface area contributed by atoms with E-state index in [0.29, 0.717) is 13.0 Å². The molecule has 2 saturated heterocycles. The molecule has 0 aromatic heterocycles. The van der Waals surface area contributed by atoms with Crippen molar-refractivity contribution in [2.75, 3.05) is 26.2 Å². The zero-order chi connectivity index (χ0) is 19.1. The third-order valence-corrected chi connectivity index (χ3v) is 6.10. The standard InChI is InChI=1S/C23H37N3O.2ClH/c1-18-13-19(2)16-26(15-18)17-22-5-3-21(4-6-22)14-25-23(27)8-7-20-9-11-24-12-10-20;;/h3-6,18-20,24H,7-17H2,1-2H3,(H,25,27);2*1H. The lowest BCUT2D eigenvalue weighted by Gasteiger charge is -2.35. The molecule has 29 heavy (non-hydrogen) atoms. The Morgan fingerprint density at radius 1 is 1.03 bits per heavy atom. The van der Waals surface area contributed by atoms with Crippen molar-refractivity contribution in [3.8, 4) is 0 Å². The second-order valence-electron chi connectivity index (χ2n) is 8.97. The predicted octanol–water partition coefficient (Wildman–Crippen LogP) is 4.40. The molecule has 3 rings (SSSR count). The number of halogens is 2. The molecular weight excluding hydrogens is 405 g/mol. The fourth-order valence-electron chi connectivity index (χ4n) is 4.74. The van der Waals surface area contributed by atoms with Crippen molar-refractivity contribution < 1.29 is 4.79 Å². The van der Waals surface area contributed by atoms with Crippen LogP contribution in [0.25, 0.3) is 0 Å². The number of amides is 1. The number of rotatable bonds is 7. The van der Waals surface area contributed by atoms with Crippen LogP contribution in [0.3, 0.4) is 0 Å². The minimum absolute atomic E-state index is 0. The largest absolute Gasteiger partial charge is 0.352 e. The van der Waals surface area contributed by atoms with E-state index in [9.17, 15) is 4.79 Å². The van der Waals surface area contributed by atoms with Crippen LogP contribution in [0.15, 0.2) is 24.3 Å². The number of likely N-dealkylation sites (tertiary alicyclic amines) is 1. The van der Waals surface area contributed by atoms with Gasteiger partial charge in [-0.3, -0.25) is 9.69 Å². The first-order chi connectivity index (χ1) is 13.1. The molecule has 6 heteroatoms. The first-order valence-electron chi connectivity index (χ1n) is 10.9. The second-order valence-corrected chi connectivity index (χ2v) is 8.97. The van der Waals surface area contributed by atoms with Crippen LogP contribution in [0, 0.1) is 17.8 Å². The van der Waals surface area contributed by atoms with Gasteiger partial charge in [0.2, 0.25) is 5.91 Å². The smallest absolute Gasteiger partial charge is 0.220 e. The predicted molar refractivity (Wildman–Crippen MR) is 126 cm³/mol. The van der Waals surface area contributed by atoms with Gasteiger partial charge in [-0.2, -0.15) is 0 Å². The molecular formula is C23H39Cl2N3O. The lowest BCUT2D eigenvalue weighted by molar-refractivity contribution is -0.121. The van der Waals surface area contributed by atoms with Gasteiger partial charge in [0.05, 0.1) is 0 Å². The molecule has 2 aliphatic heterocycles. The molecule has 0 saturated carbocycles. The Kier molecular flexibility index (Phi) is 12.2. The highest BCUT2D eigenvalue weighted by molar-refractivity contribution is 5.85. The number of carbonyl (C=O) groups excluding carboxylic acids is 1. The number of benzene rings is 1. The molecule has 2 atom stereocenters. The van der Waals surface area contributed by atoms with E-state index in [1.54, 1.807) is 0 Å². The lowest BCUT2D eigenvalue weighted by atomic mass is 9.91. The molecule has 2 N–H and O–H groups in total. The highest BCUT2D eigenvalue weighted by atomic mass is 35.5. The van der Waals surface area contributed by atoms with E-state index in [2.05, 4.69) is 53.6 Å². The highest BCUT2D eigenvalue weighted by Crippen LogP contribution is 2.22. The maximum Gasteiger partial charge on any atom is 0.220 e. The summed E-state index contributed by atoms with van der Waals surface area (Å²) in [6.07, 6.45) is 5.46. The zero-order valence-corrected chi connectivity index (χ0v) is 19.6. The molecule has 2 aliphatic rings. The Bertz CT molecular complexity index is 580. The minimum atomic E-state index is 0. The van der Waals surface area contributed by atoms with E-state index in [0.717, 1.165) is 43.8 Å². The minimum Gasteiger partial charge on any atom is -0.352 e. The van der Waals surface area contributed by atoms with Gasteiger partial charge in [-0.1, -0.05) is 38.1 Å². The molecule has 2 heterocycles. The second kappa shape index (κ2) is 13.5. The SMILES string of the molecule is CC1CC(C)CN(Cc2ccc(CNC(=O)CCC3CCNCC3)cc2)C1.Cl.Cl. The quantitative estimate of drug-likeness (QED) is 0.655. The van der Waals surface area contributed by atoms with Gasteiger partial charge in [0.15, 0.2) is 0 Å². The van der Waals surface area contributed by atoms with Crippen molar-refractivity contribution in [3.05, 3.63) is 35.4 Å². The number of piperidine rings is 2. The van der Waals surface area contributed by atoms with Crippen molar-refractivity contribution >= 4 is 30.7 Å². The number of carbonyl (C=O) groups is 1. The van der Waals surface area contributed by atoms with E-state index >= 15 is 0 Å². The van der Waals surface area contributed by atoms with E-state index in [-0.39, 0.29) is 30.7 Å². The van der Waals surface area contributed by atoms with Gasteiger partial charge < -0.3 is 10.6 Å². The van der Waals surface area contributed by atoms with Crippen LogP contribution in [0.2, 0.25) is 0 Å². The topological polar surface area (TPSA) is 44.4 Å². The molecule has 0 radical (unpaired) electrons. The maximum atomic E-state index is 12.1. The zero-order valence-electron chi connectivity index (χ0n) is 18.0. The molecule has 0 aliphatic carbocycles. The molecule has 2 unspecified atom stereocenters. The van der Waals surface area contributed by atoms with Crippen molar-refractivity contribution in [2.24, 2.45) is 17.8 Å². The third-order valence-electron chi connectivity index (χ3n) is 6.10. The van der Waals surface area contributed by atoms with Gasteiger partial charge in [-0.05, 0) is 67.7 Å². The molecule has 1 aromatic carbocycles. The van der Waals surface area contributed by atoms with Crippen molar-refractivity contribution in [1.82, 2.24) is 15.5 Å². The maximum absolute atomic E-state index is 12.1. The first kappa shape index (κ1) is 26.2.